The highest BCUT2D eigenvalue weighted by atomic mass is 32.2. The van der Waals surface area contributed by atoms with Crippen LogP contribution >= 0.6 is 0 Å². The van der Waals surface area contributed by atoms with E-state index in [4.69, 9.17) is 9.47 Å². The summed E-state index contributed by atoms with van der Waals surface area (Å²) < 4.78 is 51.3. The van der Waals surface area contributed by atoms with Gasteiger partial charge in [-0.05, 0) is 29.8 Å². The van der Waals surface area contributed by atoms with Gasteiger partial charge in [0, 0.05) is 19.2 Å². The third-order valence-corrected chi connectivity index (χ3v) is 5.00. The lowest BCUT2D eigenvalue weighted by Crippen LogP contribution is -2.27. The summed E-state index contributed by atoms with van der Waals surface area (Å²) in [6.07, 6.45) is 0. The molecule has 140 valence electrons. The van der Waals surface area contributed by atoms with E-state index in [1.165, 1.54) is 44.6 Å². The fraction of sp³-hybridized carbons (Fsp3) is 0.235. The second-order valence-electron chi connectivity index (χ2n) is 5.26. The van der Waals surface area contributed by atoms with Crippen LogP contribution in [-0.2, 0) is 14.8 Å². The monoisotopic (exact) mass is 383 g/mol. The molecule has 26 heavy (non-hydrogen) atoms. The number of benzene rings is 2. The van der Waals surface area contributed by atoms with Crippen LogP contribution in [0.4, 0.5) is 4.39 Å². The largest absolute Gasteiger partial charge is 0.494 e. The molecule has 0 unspecified atom stereocenters. The molecule has 0 heterocycles. The van der Waals surface area contributed by atoms with Gasteiger partial charge >= 0.3 is 5.97 Å². The Balaban J connectivity index is 2.59. The van der Waals surface area contributed by atoms with Crippen molar-refractivity contribution in [2.75, 3.05) is 27.4 Å². The van der Waals surface area contributed by atoms with Crippen LogP contribution < -0.4 is 9.46 Å². The third-order valence-electron chi connectivity index (χ3n) is 3.56. The fourth-order valence-electron chi connectivity index (χ4n) is 2.29. The molecular formula is C17H18FNO6S. The van der Waals surface area contributed by atoms with Crippen molar-refractivity contribution < 1.29 is 32.2 Å². The first-order valence-corrected chi connectivity index (χ1v) is 8.98. The molecule has 2 aromatic carbocycles. The molecule has 2 rings (SSSR count). The van der Waals surface area contributed by atoms with Crippen LogP contribution in [0.25, 0.3) is 11.1 Å². The number of carbonyl (C=O) groups is 1. The highest BCUT2D eigenvalue weighted by Gasteiger charge is 2.20. The van der Waals surface area contributed by atoms with Gasteiger partial charge in [-0.15, -0.1) is 0 Å². The van der Waals surface area contributed by atoms with Gasteiger partial charge in [0.15, 0.2) is 11.6 Å². The van der Waals surface area contributed by atoms with Crippen LogP contribution in [0.5, 0.6) is 5.75 Å². The lowest BCUT2D eigenvalue weighted by Gasteiger charge is -2.12. The first-order valence-electron chi connectivity index (χ1n) is 7.50. The van der Waals surface area contributed by atoms with Crippen molar-refractivity contribution in [1.82, 2.24) is 4.72 Å². The first kappa shape index (κ1) is 19.8. The van der Waals surface area contributed by atoms with E-state index < -0.39 is 21.8 Å². The van der Waals surface area contributed by atoms with Gasteiger partial charge in [-0.1, -0.05) is 12.1 Å². The van der Waals surface area contributed by atoms with Gasteiger partial charge in [0.05, 0.1) is 24.2 Å². The van der Waals surface area contributed by atoms with Crippen molar-refractivity contribution in [3.63, 3.8) is 0 Å². The zero-order chi connectivity index (χ0) is 19.3. The standard InChI is InChI=1S/C17H18FNO6S/c1-24-7-6-19-26(22,23)13-9-11(8-12(10-13)17(20)21)14-4-3-5-15(25-2)16(14)18/h3-5,8-10,19H,6-7H2,1-2H3,(H,20,21). The Morgan fingerprint density at radius 2 is 1.96 bits per heavy atom. The van der Waals surface area contributed by atoms with Crippen LogP contribution in [0.3, 0.4) is 0 Å². The van der Waals surface area contributed by atoms with Gasteiger partial charge in [0.2, 0.25) is 10.0 Å². The molecule has 0 atom stereocenters. The van der Waals surface area contributed by atoms with E-state index in [-0.39, 0.29) is 40.5 Å². The maximum Gasteiger partial charge on any atom is 0.335 e. The van der Waals surface area contributed by atoms with Crippen LogP contribution in [-0.4, -0.2) is 46.9 Å². The van der Waals surface area contributed by atoms with Crippen LogP contribution in [0.1, 0.15) is 10.4 Å². The van der Waals surface area contributed by atoms with Crippen molar-refractivity contribution in [1.29, 1.82) is 0 Å². The molecule has 0 bridgehead atoms. The number of hydrogen-bond donors (Lipinski definition) is 2. The quantitative estimate of drug-likeness (QED) is 0.677. The van der Waals surface area contributed by atoms with Crippen molar-refractivity contribution in [2.24, 2.45) is 0 Å². The zero-order valence-corrected chi connectivity index (χ0v) is 15.0. The number of carboxylic acid groups (broad SMARTS) is 1. The normalized spacial score (nSPS) is 11.3. The number of carboxylic acids is 1. The van der Waals surface area contributed by atoms with Gasteiger partial charge in [-0.25, -0.2) is 22.3 Å². The van der Waals surface area contributed by atoms with E-state index in [2.05, 4.69) is 4.72 Å². The summed E-state index contributed by atoms with van der Waals surface area (Å²) >= 11 is 0. The number of aromatic carboxylic acids is 1. The lowest BCUT2D eigenvalue weighted by atomic mass is 10.0. The Morgan fingerprint density at radius 3 is 2.58 bits per heavy atom. The highest BCUT2D eigenvalue weighted by Crippen LogP contribution is 2.31. The number of methoxy groups -OCH3 is 2. The molecule has 0 saturated heterocycles. The molecule has 9 heteroatoms. The molecule has 7 nitrogen and oxygen atoms in total. The molecule has 0 aliphatic carbocycles. The molecule has 2 aromatic rings. The molecule has 0 aliphatic rings. The maximum atomic E-state index is 14.5. The summed E-state index contributed by atoms with van der Waals surface area (Å²) in [5.74, 6) is -2.08. The van der Waals surface area contributed by atoms with Crippen LogP contribution in [0.15, 0.2) is 41.3 Å². The topological polar surface area (TPSA) is 102 Å². The average molecular weight is 383 g/mol. The Kier molecular flexibility index (Phi) is 6.30. The van der Waals surface area contributed by atoms with Crippen molar-refractivity contribution in [3.8, 4) is 16.9 Å². The Bertz CT molecular complexity index is 913. The molecular weight excluding hydrogens is 365 g/mol. The molecule has 0 amide bonds. The number of hydrogen-bond acceptors (Lipinski definition) is 5. The molecule has 0 saturated carbocycles. The fourth-order valence-corrected chi connectivity index (χ4v) is 3.37. The first-order chi connectivity index (χ1) is 12.3. The van der Waals surface area contributed by atoms with E-state index in [0.29, 0.717) is 0 Å². The predicted molar refractivity (Wildman–Crippen MR) is 92.4 cm³/mol. The summed E-state index contributed by atoms with van der Waals surface area (Å²) in [6, 6.07) is 7.76. The van der Waals surface area contributed by atoms with E-state index in [9.17, 15) is 22.7 Å². The van der Waals surface area contributed by atoms with Gasteiger partial charge in [0.1, 0.15) is 0 Å². The Morgan fingerprint density at radius 1 is 1.23 bits per heavy atom. The van der Waals surface area contributed by atoms with Crippen LogP contribution in [0.2, 0.25) is 0 Å². The minimum absolute atomic E-state index is 0.0129. The van der Waals surface area contributed by atoms with Crippen LogP contribution in [0, 0.1) is 5.82 Å². The highest BCUT2D eigenvalue weighted by molar-refractivity contribution is 7.89. The zero-order valence-electron chi connectivity index (χ0n) is 14.2. The molecule has 0 spiro atoms. The maximum absolute atomic E-state index is 14.5. The number of sulfonamides is 1. The van der Waals surface area contributed by atoms with Gasteiger partial charge in [-0.2, -0.15) is 0 Å². The van der Waals surface area contributed by atoms with E-state index in [0.717, 1.165) is 6.07 Å². The summed E-state index contributed by atoms with van der Waals surface area (Å²) in [5.41, 5.74) is -0.147. The van der Waals surface area contributed by atoms with Gasteiger partial charge in [0.25, 0.3) is 0 Å². The number of ether oxygens (including phenoxy) is 2. The minimum atomic E-state index is -3.99. The van der Waals surface area contributed by atoms with Crippen molar-refractivity contribution >= 4 is 16.0 Å². The van der Waals surface area contributed by atoms with E-state index in [1.807, 2.05) is 0 Å². The summed E-state index contributed by atoms with van der Waals surface area (Å²) in [4.78, 5) is 11.1. The van der Waals surface area contributed by atoms with Gasteiger partial charge < -0.3 is 14.6 Å². The molecule has 0 fully saturated rings. The smallest absolute Gasteiger partial charge is 0.335 e. The molecule has 0 aromatic heterocycles. The minimum Gasteiger partial charge on any atom is -0.494 e. The Hall–Kier alpha value is -2.49. The summed E-state index contributed by atoms with van der Waals surface area (Å²) in [7, 11) is -1.28. The lowest BCUT2D eigenvalue weighted by molar-refractivity contribution is 0.0696. The van der Waals surface area contributed by atoms with Crippen molar-refractivity contribution in [3.05, 3.63) is 47.8 Å². The second kappa shape index (κ2) is 8.26. The average Bonchev–Trinajstić information content (AvgIpc) is 2.61. The second-order valence-corrected chi connectivity index (χ2v) is 7.03. The van der Waals surface area contributed by atoms with E-state index >= 15 is 0 Å². The SMILES string of the molecule is COCCNS(=O)(=O)c1cc(C(=O)O)cc(-c2cccc(OC)c2F)c1. The molecule has 2 N–H and O–H groups in total. The predicted octanol–water partition coefficient (Wildman–Crippen LogP) is 2.12. The number of halogens is 1. The summed E-state index contributed by atoms with van der Waals surface area (Å²) in [5, 5.41) is 9.28. The number of rotatable bonds is 8. The van der Waals surface area contributed by atoms with Crippen molar-refractivity contribution in [2.45, 2.75) is 4.90 Å². The third kappa shape index (κ3) is 4.37. The molecule has 0 radical (unpaired) electrons. The molecule has 0 aliphatic heterocycles. The van der Waals surface area contributed by atoms with Gasteiger partial charge in [-0.3, -0.25) is 0 Å². The Labute approximate surface area is 150 Å². The van der Waals surface area contributed by atoms with E-state index in [1.54, 1.807) is 0 Å². The number of nitrogens with one attached hydrogen (secondary N) is 1. The summed E-state index contributed by atoms with van der Waals surface area (Å²) in [6.45, 7) is 0.161.